The zero-order chi connectivity index (χ0) is 15.2. The molecule has 0 aliphatic rings. The van der Waals surface area contributed by atoms with Crippen LogP contribution in [-0.4, -0.2) is 36.5 Å². The summed E-state index contributed by atoms with van der Waals surface area (Å²) in [6.07, 6.45) is 0. The highest BCUT2D eigenvalue weighted by Gasteiger charge is 2.28. The van der Waals surface area contributed by atoms with Gasteiger partial charge in [0.25, 0.3) is 0 Å². The molecule has 0 spiro atoms. The number of carbonyl (C=O) groups is 1. The van der Waals surface area contributed by atoms with Crippen molar-refractivity contribution in [1.82, 2.24) is 10.2 Å². The first kappa shape index (κ1) is 16.8. The van der Waals surface area contributed by atoms with E-state index < -0.39 is 5.51 Å². The fourth-order valence-corrected chi connectivity index (χ4v) is 1.97. The van der Waals surface area contributed by atoms with Crippen LogP contribution in [0.3, 0.4) is 0 Å². The van der Waals surface area contributed by atoms with Gasteiger partial charge in [0.2, 0.25) is 5.91 Å². The van der Waals surface area contributed by atoms with Gasteiger partial charge < -0.3 is 10.2 Å². The third-order valence-corrected chi connectivity index (χ3v) is 3.40. The highest BCUT2D eigenvalue weighted by molar-refractivity contribution is 8.00. The van der Waals surface area contributed by atoms with Crippen LogP contribution < -0.4 is 5.32 Å². The second-order valence-corrected chi connectivity index (χ2v) is 5.34. The lowest BCUT2D eigenvalue weighted by atomic mass is 10.2. The first-order valence-electron chi connectivity index (χ1n) is 6.11. The van der Waals surface area contributed by atoms with Gasteiger partial charge in [0, 0.05) is 25.0 Å². The summed E-state index contributed by atoms with van der Waals surface area (Å²) in [6.45, 7) is 3.18. The summed E-state index contributed by atoms with van der Waals surface area (Å²) >= 11 is -0.136. The van der Waals surface area contributed by atoms with Crippen molar-refractivity contribution in [2.24, 2.45) is 0 Å². The largest absolute Gasteiger partial charge is 0.446 e. The zero-order valence-electron chi connectivity index (χ0n) is 11.3. The number of rotatable bonds is 6. The van der Waals surface area contributed by atoms with E-state index in [4.69, 9.17) is 0 Å². The second-order valence-electron chi connectivity index (χ2n) is 4.20. The maximum absolute atomic E-state index is 12.2. The molecule has 1 rings (SSSR count). The summed E-state index contributed by atoms with van der Waals surface area (Å²) in [7, 11) is 1.72. The maximum Gasteiger partial charge on any atom is 0.446 e. The van der Waals surface area contributed by atoms with Gasteiger partial charge >= 0.3 is 5.51 Å². The summed E-state index contributed by atoms with van der Waals surface area (Å²) in [5.41, 5.74) is -3.43. The number of hydrogen-bond donors (Lipinski definition) is 1. The van der Waals surface area contributed by atoms with Gasteiger partial charge in [-0.25, -0.2) is 0 Å². The molecule has 1 aromatic carbocycles. The maximum atomic E-state index is 12.2. The van der Waals surface area contributed by atoms with E-state index in [0.717, 1.165) is 5.56 Å². The van der Waals surface area contributed by atoms with E-state index in [1.165, 1.54) is 12.1 Å². The van der Waals surface area contributed by atoms with Gasteiger partial charge in [0.05, 0.1) is 6.54 Å². The number of alkyl halides is 3. The Kier molecular flexibility index (Phi) is 6.35. The molecule has 0 atom stereocenters. The fourth-order valence-electron chi connectivity index (χ4n) is 1.43. The van der Waals surface area contributed by atoms with Gasteiger partial charge in [-0.3, -0.25) is 4.79 Å². The number of benzene rings is 1. The van der Waals surface area contributed by atoms with Crippen molar-refractivity contribution >= 4 is 17.7 Å². The molecule has 0 radical (unpaired) electrons. The molecule has 0 aliphatic carbocycles. The van der Waals surface area contributed by atoms with E-state index in [1.54, 1.807) is 24.1 Å². The predicted octanol–water partition coefficient (Wildman–Crippen LogP) is 2.87. The fraction of sp³-hybridized carbons (Fsp3) is 0.462. The Morgan fingerprint density at radius 2 is 1.90 bits per heavy atom. The van der Waals surface area contributed by atoms with E-state index in [9.17, 15) is 18.0 Å². The average Bonchev–Trinajstić information content (AvgIpc) is 2.38. The molecule has 0 aromatic heterocycles. The molecule has 0 heterocycles. The lowest BCUT2D eigenvalue weighted by Crippen LogP contribution is -2.35. The molecule has 112 valence electrons. The number of nitrogens with one attached hydrogen (secondary N) is 1. The Balaban J connectivity index is 2.41. The summed E-state index contributed by atoms with van der Waals surface area (Å²) in [4.78, 5) is 13.3. The minimum atomic E-state index is -4.27. The van der Waals surface area contributed by atoms with Gasteiger partial charge in [-0.1, -0.05) is 12.1 Å². The van der Waals surface area contributed by atoms with Crippen LogP contribution in [0.5, 0.6) is 0 Å². The van der Waals surface area contributed by atoms with Crippen molar-refractivity contribution in [2.45, 2.75) is 23.9 Å². The van der Waals surface area contributed by atoms with Crippen LogP contribution >= 0.6 is 11.8 Å². The number of hydrogen-bond acceptors (Lipinski definition) is 3. The summed E-state index contributed by atoms with van der Waals surface area (Å²) in [5.74, 6) is -0.0169. The van der Waals surface area contributed by atoms with Crippen molar-refractivity contribution in [1.29, 1.82) is 0 Å². The average molecular weight is 306 g/mol. The Morgan fingerprint density at radius 3 is 2.40 bits per heavy atom. The molecule has 1 N–H and O–H groups in total. The first-order chi connectivity index (χ1) is 9.31. The van der Waals surface area contributed by atoms with Crippen molar-refractivity contribution in [3.05, 3.63) is 29.8 Å². The van der Waals surface area contributed by atoms with Crippen LogP contribution in [0.25, 0.3) is 0 Å². The summed E-state index contributed by atoms with van der Waals surface area (Å²) < 4.78 is 36.5. The molecule has 1 aromatic rings. The van der Waals surface area contributed by atoms with Crippen LogP contribution in [-0.2, 0) is 11.3 Å². The molecule has 20 heavy (non-hydrogen) atoms. The second kappa shape index (κ2) is 7.54. The molecular weight excluding hydrogens is 289 g/mol. The van der Waals surface area contributed by atoms with Gasteiger partial charge in [0.15, 0.2) is 0 Å². The number of nitrogens with zero attached hydrogens (tertiary/aromatic N) is 1. The van der Waals surface area contributed by atoms with Gasteiger partial charge in [0.1, 0.15) is 0 Å². The summed E-state index contributed by atoms with van der Waals surface area (Å²) in [6, 6.07) is 6.09. The molecule has 0 aliphatic heterocycles. The number of halogens is 3. The van der Waals surface area contributed by atoms with Crippen LogP contribution in [0.15, 0.2) is 29.2 Å². The van der Waals surface area contributed by atoms with E-state index in [-0.39, 0.29) is 29.1 Å². The van der Waals surface area contributed by atoms with E-state index in [0.29, 0.717) is 13.1 Å². The summed E-state index contributed by atoms with van der Waals surface area (Å²) in [5, 5.41) is 2.96. The smallest absolute Gasteiger partial charge is 0.345 e. The highest BCUT2D eigenvalue weighted by atomic mass is 32.2. The lowest BCUT2D eigenvalue weighted by molar-refractivity contribution is -0.128. The molecular formula is C13H17F3N2OS. The SMILES string of the molecule is CCN(C)C(=O)CNCc1ccc(SC(F)(F)F)cc1. The zero-order valence-corrected chi connectivity index (χ0v) is 12.1. The molecule has 0 saturated heterocycles. The predicted molar refractivity (Wildman–Crippen MR) is 73.4 cm³/mol. The standard InChI is InChI=1S/C13H17F3N2OS/c1-3-18(2)12(19)9-17-8-10-4-6-11(7-5-10)20-13(14,15)16/h4-7,17H,3,8-9H2,1-2H3. The monoisotopic (exact) mass is 306 g/mol. The Labute approximate surface area is 120 Å². The van der Waals surface area contributed by atoms with E-state index >= 15 is 0 Å². The Morgan fingerprint density at radius 1 is 1.30 bits per heavy atom. The quantitative estimate of drug-likeness (QED) is 0.820. The van der Waals surface area contributed by atoms with Crippen LogP contribution in [0.4, 0.5) is 13.2 Å². The third-order valence-electron chi connectivity index (χ3n) is 2.66. The Hall–Kier alpha value is -1.21. The third kappa shape index (κ3) is 6.29. The van der Waals surface area contributed by atoms with E-state index in [2.05, 4.69) is 5.32 Å². The topological polar surface area (TPSA) is 32.3 Å². The van der Waals surface area contributed by atoms with Gasteiger partial charge in [-0.2, -0.15) is 13.2 Å². The van der Waals surface area contributed by atoms with Gasteiger partial charge in [-0.15, -0.1) is 0 Å². The Bertz CT molecular complexity index is 434. The minimum absolute atomic E-state index is 0.0169. The van der Waals surface area contributed by atoms with Crippen molar-refractivity contribution in [2.75, 3.05) is 20.1 Å². The van der Waals surface area contributed by atoms with Crippen molar-refractivity contribution in [3.8, 4) is 0 Å². The molecule has 0 saturated carbocycles. The van der Waals surface area contributed by atoms with Crippen molar-refractivity contribution in [3.63, 3.8) is 0 Å². The molecule has 1 amide bonds. The lowest BCUT2D eigenvalue weighted by Gasteiger charge is -2.14. The number of carbonyl (C=O) groups excluding carboxylic acids is 1. The normalized spacial score (nSPS) is 11.4. The molecule has 0 unspecified atom stereocenters. The van der Waals surface area contributed by atoms with Crippen LogP contribution in [0.1, 0.15) is 12.5 Å². The van der Waals surface area contributed by atoms with Gasteiger partial charge in [-0.05, 0) is 36.4 Å². The number of likely N-dealkylation sites (N-methyl/N-ethyl adjacent to an activating group) is 1. The number of amides is 1. The van der Waals surface area contributed by atoms with E-state index in [1.807, 2.05) is 6.92 Å². The molecule has 3 nitrogen and oxygen atoms in total. The van der Waals surface area contributed by atoms with Crippen LogP contribution in [0, 0.1) is 0 Å². The molecule has 0 fully saturated rings. The molecule has 0 bridgehead atoms. The minimum Gasteiger partial charge on any atom is -0.345 e. The van der Waals surface area contributed by atoms with Crippen LogP contribution in [0.2, 0.25) is 0 Å². The highest BCUT2D eigenvalue weighted by Crippen LogP contribution is 2.36. The van der Waals surface area contributed by atoms with Crippen molar-refractivity contribution < 1.29 is 18.0 Å². The first-order valence-corrected chi connectivity index (χ1v) is 6.93. The molecule has 7 heteroatoms. The number of thioether (sulfide) groups is 1.